The van der Waals surface area contributed by atoms with Crippen LogP contribution in [0.2, 0.25) is 0 Å². The molecule has 0 unspecified atom stereocenters. The Morgan fingerprint density at radius 2 is 2.00 bits per heavy atom. The highest BCUT2D eigenvalue weighted by Gasteiger charge is 2.26. The predicted octanol–water partition coefficient (Wildman–Crippen LogP) is 4.26. The van der Waals surface area contributed by atoms with Crippen molar-refractivity contribution >= 4 is 39.2 Å². The average Bonchev–Trinajstić information content (AvgIpc) is 3.05. The van der Waals surface area contributed by atoms with Crippen molar-refractivity contribution in [2.24, 2.45) is 5.92 Å². The van der Waals surface area contributed by atoms with E-state index in [2.05, 4.69) is 10.4 Å². The van der Waals surface area contributed by atoms with Crippen LogP contribution in [-0.4, -0.2) is 36.5 Å². The summed E-state index contributed by atoms with van der Waals surface area (Å²) in [5, 5.41) is 3.40. The minimum Gasteiger partial charge on any atom is -0.235 e. The maximum absolute atomic E-state index is 12.5. The summed E-state index contributed by atoms with van der Waals surface area (Å²) < 4.78 is 27.7. The first-order valence-electron chi connectivity index (χ1n) is 8.31. The van der Waals surface area contributed by atoms with Crippen molar-refractivity contribution in [3.63, 3.8) is 0 Å². The minimum atomic E-state index is -3.33. The maximum Gasteiger partial charge on any atom is 0.236 e. The summed E-state index contributed by atoms with van der Waals surface area (Å²) in [5.41, 5.74) is 1.97. The Kier molecular flexibility index (Phi) is 6.33. The molecule has 1 fully saturated rings. The van der Waals surface area contributed by atoms with E-state index in [1.165, 1.54) is 5.41 Å². The normalized spacial score (nSPS) is 17.3. The molecule has 134 valence electrons. The molecule has 4 nitrogen and oxygen atoms in total. The first kappa shape index (κ1) is 18.6. The third-order valence-corrected chi connectivity index (χ3v) is 8.14. The van der Waals surface area contributed by atoms with Crippen LogP contribution in [0.5, 0.6) is 0 Å². The van der Waals surface area contributed by atoms with E-state index in [0.717, 1.165) is 34.2 Å². The first-order chi connectivity index (χ1) is 12.0. The van der Waals surface area contributed by atoms with Crippen LogP contribution in [0.25, 0.3) is 6.08 Å². The molecule has 0 atom stereocenters. The van der Waals surface area contributed by atoms with Crippen molar-refractivity contribution in [2.45, 2.75) is 24.1 Å². The topological polar surface area (TPSA) is 50.3 Å². The van der Waals surface area contributed by atoms with Crippen molar-refractivity contribution in [3.8, 4) is 0 Å². The van der Waals surface area contributed by atoms with Gasteiger partial charge in [-0.1, -0.05) is 42.1 Å². The molecule has 25 heavy (non-hydrogen) atoms. The lowest BCUT2D eigenvalue weighted by atomic mass is 10.0. The standard InChI is InChI=1S/C18H22N2O2S3/c1-15-13-23-18(19-15)24-14-17-7-10-20(11-8-17)25(21,22)12-9-16-5-3-2-4-6-16/h2-6,9,12-13,17H,7-8,10-11,14H2,1H3/b12-9+. The zero-order valence-corrected chi connectivity index (χ0v) is 16.6. The van der Waals surface area contributed by atoms with Crippen molar-refractivity contribution in [1.29, 1.82) is 0 Å². The van der Waals surface area contributed by atoms with Crippen LogP contribution in [0.1, 0.15) is 24.1 Å². The monoisotopic (exact) mass is 394 g/mol. The third-order valence-electron chi connectivity index (χ3n) is 4.21. The Bertz CT molecular complexity index is 808. The van der Waals surface area contributed by atoms with Gasteiger partial charge < -0.3 is 0 Å². The Hall–Kier alpha value is -1.15. The predicted molar refractivity (Wildman–Crippen MR) is 106 cm³/mol. The first-order valence-corrected chi connectivity index (χ1v) is 11.7. The molecular formula is C18H22N2O2S3. The van der Waals surface area contributed by atoms with Gasteiger partial charge in [0.05, 0.1) is 0 Å². The molecule has 7 heteroatoms. The number of hydrogen-bond acceptors (Lipinski definition) is 5. The van der Waals surface area contributed by atoms with Gasteiger partial charge in [-0.05, 0) is 37.3 Å². The molecule has 0 N–H and O–H groups in total. The van der Waals surface area contributed by atoms with E-state index < -0.39 is 10.0 Å². The molecule has 0 radical (unpaired) electrons. The van der Waals surface area contributed by atoms with Gasteiger partial charge in [-0.15, -0.1) is 11.3 Å². The highest BCUT2D eigenvalue weighted by atomic mass is 32.2. The largest absolute Gasteiger partial charge is 0.236 e. The van der Waals surface area contributed by atoms with Crippen molar-refractivity contribution in [3.05, 3.63) is 52.4 Å². The van der Waals surface area contributed by atoms with Gasteiger partial charge in [0.1, 0.15) is 4.34 Å². The lowest BCUT2D eigenvalue weighted by Crippen LogP contribution is -2.37. The molecule has 0 aliphatic carbocycles. The van der Waals surface area contributed by atoms with Gasteiger partial charge in [0.15, 0.2) is 0 Å². The number of nitrogens with zero attached hydrogens (tertiary/aromatic N) is 2. The van der Waals surface area contributed by atoms with Gasteiger partial charge in [-0.2, -0.15) is 4.31 Å². The lowest BCUT2D eigenvalue weighted by molar-refractivity contribution is 0.293. The van der Waals surface area contributed by atoms with Crippen LogP contribution in [0.3, 0.4) is 0 Å². The number of rotatable bonds is 6. The molecule has 0 bridgehead atoms. The fourth-order valence-corrected chi connectivity index (χ4v) is 6.02. The quantitative estimate of drug-likeness (QED) is 0.687. The van der Waals surface area contributed by atoms with Crippen molar-refractivity contribution in [1.82, 2.24) is 9.29 Å². The molecule has 3 rings (SSSR count). The van der Waals surface area contributed by atoms with E-state index in [9.17, 15) is 8.42 Å². The molecule has 2 heterocycles. The van der Waals surface area contributed by atoms with Crippen LogP contribution in [0.4, 0.5) is 0 Å². The fourth-order valence-electron chi connectivity index (χ4n) is 2.73. The summed E-state index contributed by atoms with van der Waals surface area (Å²) >= 11 is 3.47. The Morgan fingerprint density at radius 1 is 1.28 bits per heavy atom. The van der Waals surface area contributed by atoms with E-state index in [1.54, 1.807) is 33.5 Å². The molecule has 0 saturated carbocycles. The van der Waals surface area contributed by atoms with E-state index >= 15 is 0 Å². The molecule has 2 aromatic rings. The van der Waals surface area contributed by atoms with E-state index in [0.29, 0.717) is 19.0 Å². The average molecular weight is 395 g/mol. The summed E-state index contributed by atoms with van der Waals surface area (Å²) in [6.07, 6.45) is 3.49. The summed E-state index contributed by atoms with van der Waals surface area (Å²) in [4.78, 5) is 4.47. The van der Waals surface area contributed by atoms with Gasteiger partial charge in [-0.25, -0.2) is 13.4 Å². The summed E-state index contributed by atoms with van der Waals surface area (Å²) in [7, 11) is -3.33. The Labute approximate surface area is 158 Å². The van der Waals surface area contributed by atoms with Crippen LogP contribution in [-0.2, 0) is 10.0 Å². The minimum absolute atomic E-state index is 0.554. The van der Waals surface area contributed by atoms with Gasteiger partial charge in [0, 0.05) is 35.3 Å². The summed E-state index contributed by atoms with van der Waals surface area (Å²) in [6.45, 7) is 3.21. The zero-order chi connectivity index (χ0) is 17.7. The smallest absolute Gasteiger partial charge is 0.235 e. The number of aromatic nitrogens is 1. The van der Waals surface area contributed by atoms with Crippen LogP contribution in [0.15, 0.2) is 45.5 Å². The van der Waals surface area contributed by atoms with E-state index in [1.807, 2.05) is 37.3 Å². The number of aryl methyl sites for hydroxylation is 1. The second-order valence-electron chi connectivity index (χ2n) is 6.17. The second kappa shape index (κ2) is 8.49. The number of benzene rings is 1. The molecular weight excluding hydrogens is 372 g/mol. The summed E-state index contributed by atoms with van der Waals surface area (Å²) in [6, 6.07) is 9.52. The van der Waals surface area contributed by atoms with Crippen LogP contribution >= 0.6 is 23.1 Å². The van der Waals surface area contributed by atoms with E-state index in [4.69, 9.17) is 0 Å². The molecule has 0 spiro atoms. The van der Waals surface area contributed by atoms with Crippen LogP contribution < -0.4 is 0 Å². The molecule has 0 amide bonds. The second-order valence-corrected chi connectivity index (χ2v) is 10.1. The van der Waals surface area contributed by atoms with Gasteiger partial charge in [-0.3, -0.25) is 0 Å². The molecule has 1 aliphatic rings. The number of hydrogen-bond donors (Lipinski definition) is 0. The molecule has 1 aromatic carbocycles. The van der Waals surface area contributed by atoms with E-state index in [-0.39, 0.29) is 0 Å². The molecule has 1 aliphatic heterocycles. The number of piperidine rings is 1. The number of thiazole rings is 1. The summed E-state index contributed by atoms with van der Waals surface area (Å²) in [5.74, 6) is 1.57. The number of sulfonamides is 1. The van der Waals surface area contributed by atoms with Crippen molar-refractivity contribution in [2.75, 3.05) is 18.8 Å². The van der Waals surface area contributed by atoms with Gasteiger partial charge in [0.2, 0.25) is 10.0 Å². The third kappa shape index (κ3) is 5.41. The van der Waals surface area contributed by atoms with Gasteiger partial charge in [0.25, 0.3) is 0 Å². The SMILES string of the molecule is Cc1csc(SCC2CCN(S(=O)(=O)/C=C/c3ccccc3)CC2)n1. The lowest BCUT2D eigenvalue weighted by Gasteiger charge is -2.30. The molecule has 1 aromatic heterocycles. The Balaban J connectivity index is 1.50. The highest BCUT2D eigenvalue weighted by molar-refractivity contribution is 8.01. The van der Waals surface area contributed by atoms with Crippen molar-refractivity contribution < 1.29 is 8.42 Å². The number of thioether (sulfide) groups is 1. The zero-order valence-electron chi connectivity index (χ0n) is 14.2. The van der Waals surface area contributed by atoms with Gasteiger partial charge >= 0.3 is 0 Å². The fraction of sp³-hybridized carbons (Fsp3) is 0.389. The Morgan fingerprint density at radius 3 is 2.64 bits per heavy atom. The maximum atomic E-state index is 12.5. The highest BCUT2D eigenvalue weighted by Crippen LogP contribution is 2.29. The van der Waals surface area contributed by atoms with Crippen LogP contribution in [0, 0.1) is 12.8 Å². The molecule has 1 saturated heterocycles.